The number of rotatable bonds is 3. The van der Waals surface area contributed by atoms with Gasteiger partial charge in [-0.3, -0.25) is 0 Å². The lowest BCUT2D eigenvalue weighted by Gasteiger charge is -1.99. The van der Waals surface area contributed by atoms with Crippen molar-refractivity contribution in [3.05, 3.63) is 11.8 Å². The zero-order valence-electron chi connectivity index (χ0n) is 6.09. The fourth-order valence-corrected chi connectivity index (χ4v) is 0.599. The molecule has 0 rings (SSSR count). The van der Waals surface area contributed by atoms with Crippen molar-refractivity contribution in [3.63, 3.8) is 0 Å². The second kappa shape index (κ2) is 5.24. The number of carbonyl (C=O) groups excluding carboxylic acids is 1. The fourth-order valence-electron chi connectivity index (χ4n) is 0.395. The van der Waals surface area contributed by atoms with E-state index in [4.69, 9.17) is 0 Å². The minimum atomic E-state index is -0.343. The summed E-state index contributed by atoms with van der Waals surface area (Å²) in [6, 6.07) is 0. The van der Waals surface area contributed by atoms with Gasteiger partial charge in [0.25, 0.3) is 0 Å². The van der Waals surface area contributed by atoms with E-state index in [1.54, 1.807) is 13.8 Å². The molecule has 0 N–H and O–H groups in total. The summed E-state index contributed by atoms with van der Waals surface area (Å²) in [5.74, 6) is -0.343. The van der Waals surface area contributed by atoms with Crippen LogP contribution in [0.15, 0.2) is 11.8 Å². The van der Waals surface area contributed by atoms with Crippen LogP contribution in [0.25, 0.3) is 0 Å². The first-order valence-corrected chi connectivity index (χ1v) is 3.39. The number of hydrogen-bond acceptors (Lipinski definition) is 3. The molecule has 0 aromatic heterocycles. The molecule has 0 amide bonds. The lowest BCUT2D eigenvalue weighted by Crippen LogP contribution is -2.04. The molecule has 0 fully saturated rings. The molecule has 0 aliphatic carbocycles. The van der Waals surface area contributed by atoms with Crippen LogP contribution in [0.1, 0.15) is 13.8 Å². The van der Waals surface area contributed by atoms with Crippen LogP contribution >= 0.6 is 9.47 Å². The van der Waals surface area contributed by atoms with E-state index in [-0.39, 0.29) is 5.97 Å². The Hall–Kier alpha value is -0.560. The van der Waals surface area contributed by atoms with Crippen LogP contribution in [-0.4, -0.2) is 12.6 Å². The van der Waals surface area contributed by atoms with Gasteiger partial charge in [0.15, 0.2) is 0 Å². The predicted molar refractivity (Wildman–Crippen MR) is 41.2 cm³/mol. The average molecular weight is 162 g/mol. The number of carbonyl (C=O) groups is 1. The smallest absolute Gasteiger partial charge is 0.336 e. The lowest BCUT2D eigenvalue weighted by molar-refractivity contribution is -0.138. The third-order valence-electron chi connectivity index (χ3n) is 0.842. The third-order valence-corrected chi connectivity index (χ3v) is 0.978. The Labute approximate surface area is 62.7 Å². The highest BCUT2D eigenvalue weighted by Gasteiger charge is 2.02. The summed E-state index contributed by atoms with van der Waals surface area (Å²) in [4.78, 5) is 10.8. The highest BCUT2D eigenvalue weighted by Crippen LogP contribution is 1.98. The Morgan fingerprint density at radius 1 is 1.70 bits per heavy atom. The number of ether oxygens (including phenoxy) is 1. The second-order valence-electron chi connectivity index (χ2n) is 1.66. The van der Waals surface area contributed by atoms with Gasteiger partial charge in [0.2, 0.25) is 0 Å². The van der Waals surface area contributed by atoms with Crippen molar-refractivity contribution < 1.29 is 14.1 Å². The average Bonchev–Trinajstić information content (AvgIpc) is 1.89. The molecule has 0 radical (unpaired) electrons. The molecule has 0 saturated heterocycles. The number of esters is 1. The molecule has 58 valence electrons. The maximum atomic E-state index is 10.8. The molecule has 1 atom stereocenters. The maximum Gasteiger partial charge on any atom is 0.336 e. The molecule has 0 heterocycles. The highest BCUT2D eigenvalue weighted by molar-refractivity contribution is 7.10. The molecule has 0 aliphatic heterocycles. The summed E-state index contributed by atoms with van der Waals surface area (Å²) in [7, 11) is 2.02. The van der Waals surface area contributed by atoms with Crippen LogP contribution in [0.2, 0.25) is 0 Å². The van der Waals surface area contributed by atoms with E-state index in [0.29, 0.717) is 12.2 Å². The maximum absolute atomic E-state index is 10.8. The van der Waals surface area contributed by atoms with Gasteiger partial charge in [-0.1, -0.05) is 0 Å². The monoisotopic (exact) mass is 162 g/mol. The van der Waals surface area contributed by atoms with Gasteiger partial charge in [0.1, 0.15) is 0 Å². The standard InChI is InChI=1S/C6H11O3P/c1-3-8-6(7)5(2)4-9-10/h4H,3,10H2,1-2H3. The summed E-state index contributed by atoms with van der Waals surface area (Å²) in [5.41, 5.74) is 0.455. The first-order chi connectivity index (χ1) is 4.72. The summed E-state index contributed by atoms with van der Waals surface area (Å²) in [6.07, 6.45) is 1.32. The Bertz CT molecular complexity index is 142. The van der Waals surface area contributed by atoms with Gasteiger partial charge in [0.05, 0.1) is 27.9 Å². The molecule has 10 heavy (non-hydrogen) atoms. The van der Waals surface area contributed by atoms with Crippen molar-refractivity contribution in [2.45, 2.75) is 13.8 Å². The van der Waals surface area contributed by atoms with Gasteiger partial charge < -0.3 is 9.26 Å². The minimum absolute atomic E-state index is 0.343. The fraction of sp³-hybridized carbons (Fsp3) is 0.500. The minimum Gasteiger partial charge on any atom is -0.487 e. The molecule has 0 aromatic rings. The Morgan fingerprint density at radius 2 is 2.30 bits per heavy atom. The molecule has 4 heteroatoms. The summed E-state index contributed by atoms with van der Waals surface area (Å²) < 4.78 is 9.18. The van der Waals surface area contributed by atoms with E-state index in [0.717, 1.165) is 0 Å². The quantitative estimate of drug-likeness (QED) is 0.271. The van der Waals surface area contributed by atoms with Crippen molar-refractivity contribution in [2.75, 3.05) is 6.61 Å². The van der Waals surface area contributed by atoms with E-state index in [1.807, 2.05) is 9.47 Å². The van der Waals surface area contributed by atoms with Gasteiger partial charge in [-0.15, -0.1) is 0 Å². The molecule has 1 unspecified atom stereocenters. The van der Waals surface area contributed by atoms with E-state index < -0.39 is 0 Å². The van der Waals surface area contributed by atoms with Gasteiger partial charge in [0, 0.05) is 0 Å². The second-order valence-corrected chi connectivity index (χ2v) is 1.93. The van der Waals surface area contributed by atoms with Crippen LogP contribution in [0, 0.1) is 0 Å². The first-order valence-electron chi connectivity index (χ1n) is 2.91. The molecule has 0 saturated carbocycles. The zero-order valence-corrected chi connectivity index (χ0v) is 7.24. The van der Waals surface area contributed by atoms with Gasteiger partial charge in [-0.2, -0.15) is 0 Å². The Kier molecular flexibility index (Phi) is 4.95. The SMILES string of the molecule is CCOC(=O)C(C)=COP. The normalized spacial score (nSPS) is 10.9. The van der Waals surface area contributed by atoms with Crippen LogP contribution in [-0.2, 0) is 14.1 Å². The van der Waals surface area contributed by atoms with Crippen molar-refractivity contribution in [3.8, 4) is 0 Å². The lowest BCUT2D eigenvalue weighted by atomic mass is 10.3. The molecule has 0 bridgehead atoms. The van der Waals surface area contributed by atoms with Crippen molar-refractivity contribution in [1.29, 1.82) is 0 Å². The van der Waals surface area contributed by atoms with Gasteiger partial charge in [-0.25, -0.2) is 4.79 Å². The van der Waals surface area contributed by atoms with Crippen LogP contribution in [0.5, 0.6) is 0 Å². The molecule has 0 aliphatic rings. The molecule has 0 aromatic carbocycles. The van der Waals surface area contributed by atoms with E-state index in [1.165, 1.54) is 6.26 Å². The van der Waals surface area contributed by atoms with Gasteiger partial charge >= 0.3 is 5.97 Å². The summed E-state index contributed by atoms with van der Waals surface area (Å²) >= 11 is 0. The van der Waals surface area contributed by atoms with Crippen molar-refractivity contribution >= 4 is 15.4 Å². The topological polar surface area (TPSA) is 35.5 Å². The molecular weight excluding hydrogens is 151 g/mol. The Morgan fingerprint density at radius 3 is 2.70 bits per heavy atom. The zero-order chi connectivity index (χ0) is 7.98. The van der Waals surface area contributed by atoms with E-state index in [9.17, 15) is 4.79 Å². The molecule has 0 spiro atoms. The molecular formula is C6H11O3P. The van der Waals surface area contributed by atoms with E-state index >= 15 is 0 Å². The Balaban J connectivity index is 3.82. The van der Waals surface area contributed by atoms with Gasteiger partial charge in [-0.05, 0) is 13.8 Å². The predicted octanol–water partition coefficient (Wildman–Crippen LogP) is 1.26. The van der Waals surface area contributed by atoms with E-state index in [2.05, 4.69) is 9.26 Å². The van der Waals surface area contributed by atoms with Crippen molar-refractivity contribution in [2.24, 2.45) is 0 Å². The summed E-state index contributed by atoms with van der Waals surface area (Å²) in [5, 5.41) is 0. The molecule has 3 nitrogen and oxygen atoms in total. The van der Waals surface area contributed by atoms with Crippen LogP contribution in [0.4, 0.5) is 0 Å². The first kappa shape index (κ1) is 9.44. The number of hydrogen-bond donors (Lipinski definition) is 0. The summed E-state index contributed by atoms with van der Waals surface area (Å²) in [6.45, 7) is 3.77. The van der Waals surface area contributed by atoms with Crippen LogP contribution in [0.3, 0.4) is 0 Å². The van der Waals surface area contributed by atoms with Crippen molar-refractivity contribution in [1.82, 2.24) is 0 Å². The largest absolute Gasteiger partial charge is 0.487 e. The van der Waals surface area contributed by atoms with Crippen LogP contribution < -0.4 is 0 Å². The highest BCUT2D eigenvalue weighted by atomic mass is 31.0. The third kappa shape index (κ3) is 3.46.